The molecule has 0 N–H and O–H groups in total. The first-order chi connectivity index (χ1) is 37.5. The second kappa shape index (κ2) is 24.6. The Labute approximate surface area is 505 Å². The molecule has 16 heteroatoms. The fourth-order valence-corrected chi connectivity index (χ4v) is 17.0. The molecule has 0 saturated heterocycles. The molecule has 0 amide bonds. The summed E-state index contributed by atoms with van der Waals surface area (Å²) in [7, 11) is 5.04. The molecule has 4 aliphatic heterocycles. The Balaban J connectivity index is 0.00000352. The second-order valence-corrected chi connectivity index (χ2v) is 26.3. The van der Waals surface area contributed by atoms with Gasteiger partial charge in [-0.3, -0.25) is 0 Å². The normalized spacial score (nSPS) is 16.7. The van der Waals surface area contributed by atoms with Gasteiger partial charge in [0, 0.05) is 44.4 Å². The quantitative estimate of drug-likeness (QED) is 0.0608. The predicted molar refractivity (Wildman–Crippen MR) is 321 cm³/mol. The van der Waals surface area contributed by atoms with E-state index < -0.39 is 0 Å². The van der Waals surface area contributed by atoms with Gasteiger partial charge < -0.3 is 62.5 Å². The summed E-state index contributed by atoms with van der Waals surface area (Å²) < 4.78 is 1.81. The lowest BCUT2D eigenvalue weighted by Crippen LogP contribution is -3.00. The van der Waals surface area contributed by atoms with Gasteiger partial charge in [0.1, 0.15) is 23.3 Å². The number of hydrogen-bond acceptors (Lipinski definition) is 12. The molecular formula is C63H68Br2N10S4. The average Bonchev–Trinajstić information content (AvgIpc) is 3.46. The van der Waals surface area contributed by atoms with Crippen LogP contribution < -0.4 is 53.6 Å². The molecule has 0 fully saturated rings. The summed E-state index contributed by atoms with van der Waals surface area (Å²) in [4.78, 5) is 40.3. The Morgan fingerprint density at radius 2 is 0.557 bits per heavy atom. The summed E-state index contributed by atoms with van der Waals surface area (Å²) >= 11 is 7.32. The molecule has 4 aromatic heterocycles. The number of pyridine rings is 4. The zero-order valence-corrected chi connectivity index (χ0v) is 52.1. The summed E-state index contributed by atoms with van der Waals surface area (Å²) in [5, 5.41) is 0. The Morgan fingerprint density at radius 3 is 0.810 bits per heavy atom. The van der Waals surface area contributed by atoms with Crippen molar-refractivity contribution in [2.45, 2.75) is 110 Å². The molecule has 408 valence electrons. The van der Waals surface area contributed by atoms with Crippen molar-refractivity contribution >= 4 is 93.1 Å². The lowest BCUT2D eigenvalue weighted by molar-refractivity contribution is -0.912. The number of para-hydroxylation sites is 4. The Kier molecular flexibility index (Phi) is 17.8. The molecule has 10 nitrogen and oxygen atoms in total. The third-order valence-electron chi connectivity index (χ3n) is 15.8. The minimum atomic E-state index is 0. The molecule has 4 aromatic carbocycles. The van der Waals surface area contributed by atoms with Crippen molar-refractivity contribution in [1.82, 2.24) is 19.9 Å². The van der Waals surface area contributed by atoms with Crippen molar-refractivity contribution in [2.24, 2.45) is 0 Å². The first-order valence-corrected chi connectivity index (χ1v) is 30.5. The molecule has 0 spiro atoms. The van der Waals surface area contributed by atoms with Gasteiger partial charge >= 0.3 is 0 Å². The third kappa shape index (κ3) is 11.7. The maximum atomic E-state index is 5.05. The molecule has 4 atom stereocenters. The number of aromatic nitrogens is 4. The fraction of sp³-hybridized carbons (Fsp3) is 0.302. The summed E-state index contributed by atoms with van der Waals surface area (Å²) in [5.41, 5.74) is 4.98. The van der Waals surface area contributed by atoms with E-state index in [0.29, 0.717) is 0 Å². The number of unbranched alkanes of at least 4 members (excludes halogenated alkanes) is 2. The maximum absolute atomic E-state index is 5.05. The van der Waals surface area contributed by atoms with Gasteiger partial charge in [-0.05, 0) is 144 Å². The lowest BCUT2D eigenvalue weighted by atomic mass is 10.1. The number of rotatable bonds is 18. The van der Waals surface area contributed by atoms with E-state index in [1.807, 2.05) is 71.8 Å². The van der Waals surface area contributed by atoms with Crippen molar-refractivity contribution in [3.05, 3.63) is 170 Å². The van der Waals surface area contributed by atoms with Gasteiger partial charge in [0.15, 0.2) is 0 Å². The molecule has 0 saturated carbocycles. The van der Waals surface area contributed by atoms with Gasteiger partial charge in [0.2, 0.25) is 0 Å². The minimum Gasteiger partial charge on any atom is -1.00 e. The van der Waals surface area contributed by atoms with Crippen LogP contribution in [0.2, 0.25) is 0 Å². The molecule has 79 heavy (non-hydrogen) atoms. The van der Waals surface area contributed by atoms with Crippen molar-refractivity contribution in [1.29, 1.82) is 0 Å². The van der Waals surface area contributed by atoms with Crippen LogP contribution in [-0.2, 0) is 0 Å². The average molecular weight is 1250 g/mol. The molecule has 0 radical (unpaired) electrons. The number of likely N-dealkylation sites (N-methyl/N-ethyl adjacent to an activating group) is 2. The number of halogens is 2. The van der Waals surface area contributed by atoms with E-state index in [1.54, 1.807) is 0 Å². The monoisotopic (exact) mass is 1250 g/mol. The zero-order valence-electron chi connectivity index (χ0n) is 45.7. The molecule has 8 aromatic rings. The maximum Gasteiger partial charge on any atom is 0.147 e. The molecular weight excluding hydrogens is 1180 g/mol. The van der Waals surface area contributed by atoms with Crippen LogP contribution in [0.3, 0.4) is 0 Å². The van der Waals surface area contributed by atoms with Gasteiger partial charge in [-0.15, -0.1) is 0 Å². The highest BCUT2D eigenvalue weighted by atomic mass is 79.9. The van der Waals surface area contributed by atoms with Gasteiger partial charge in [0.25, 0.3) is 0 Å². The Morgan fingerprint density at radius 1 is 0.329 bits per heavy atom. The van der Waals surface area contributed by atoms with E-state index in [4.69, 9.17) is 19.9 Å². The number of hydrogen-bond donors (Lipinski definition) is 0. The van der Waals surface area contributed by atoms with Crippen LogP contribution in [0.4, 0.5) is 46.0 Å². The lowest BCUT2D eigenvalue weighted by Gasteiger charge is -2.46. The minimum absolute atomic E-state index is 0. The van der Waals surface area contributed by atoms with Gasteiger partial charge in [-0.1, -0.05) is 95.6 Å². The molecule has 8 heterocycles. The first-order valence-electron chi connectivity index (χ1n) is 27.2. The molecule has 0 bridgehead atoms. The standard InChI is InChI=1S/C63H68N10S4.2BrH/c1-44(68-48-22-8-12-26-52(48)74-56-30-18-34-64-60(56)68)40-72(5,41-45(2)69-49-23-9-13-27-53(49)75-57-31-19-35-65-61(57)69)38-16-7-17-39-73(6,42-46(3)70-50-24-10-14-28-54(50)76-58-32-20-36-66-62(58)70)43-47(4)71-51-25-11-15-29-55(51)77-59-33-21-37-67-63(59)71;;/h8-15,18-37,44-47H,7,16-17,38-43H2,1-6H3;2*1H/q+2;;/p-2. The number of quaternary nitrogens is 2. The number of benzene rings is 4. The van der Waals surface area contributed by atoms with E-state index in [1.165, 1.54) is 61.9 Å². The van der Waals surface area contributed by atoms with E-state index in [0.717, 1.165) is 90.8 Å². The van der Waals surface area contributed by atoms with Crippen LogP contribution >= 0.6 is 47.0 Å². The highest BCUT2D eigenvalue weighted by Gasteiger charge is 2.40. The first kappa shape index (κ1) is 57.2. The van der Waals surface area contributed by atoms with Crippen LogP contribution in [0.15, 0.2) is 210 Å². The van der Waals surface area contributed by atoms with E-state index in [-0.39, 0.29) is 58.1 Å². The number of fused-ring (bicyclic) bond motifs is 8. The van der Waals surface area contributed by atoms with Gasteiger partial charge in [-0.2, -0.15) is 0 Å². The highest BCUT2D eigenvalue weighted by Crippen LogP contribution is 2.52. The highest BCUT2D eigenvalue weighted by molar-refractivity contribution is 8.00. The third-order valence-corrected chi connectivity index (χ3v) is 20.2. The molecule has 12 rings (SSSR count). The van der Waals surface area contributed by atoms with Crippen LogP contribution in [0.1, 0.15) is 47.0 Å². The summed E-state index contributed by atoms with van der Waals surface area (Å²) in [6.07, 6.45) is 11.2. The molecule has 4 unspecified atom stereocenters. The summed E-state index contributed by atoms with van der Waals surface area (Å²) in [6, 6.07) is 53.4. The predicted octanol–water partition coefficient (Wildman–Crippen LogP) is 9.40. The zero-order chi connectivity index (χ0) is 52.7. The molecule has 4 aliphatic rings. The summed E-state index contributed by atoms with van der Waals surface area (Å²) in [5.74, 6) is 4.23. The van der Waals surface area contributed by atoms with Gasteiger partial charge in [0.05, 0.1) is 120 Å². The van der Waals surface area contributed by atoms with Gasteiger partial charge in [-0.25, -0.2) is 19.9 Å². The van der Waals surface area contributed by atoms with Crippen LogP contribution in [0.25, 0.3) is 0 Å². The van der Waals surface area contributed by atoms with Crippen LogP contribution in [-0.4, -0.2) is 106 Å². The number of anilines is 8. The van der Waals surface area contributed by atoms with E-state index >= 15 is 0 Å². The van der Waals surface area contributed by atoms with Crippen molar-refractivity contribution in [2.75, 3.05) is 73.0 Å². The topological polar surface area (TPSA) is 64.5 Å². The van der Waals surface area contributed by atoms with E-state index in [9.17, 15) is 0 Å². The fourth-order valence-electron chi connectivity index (χ4n) is 12.8. The SMILES string of the molecule is CC(C[N+](C)(CCCCC[N+](C)(CC(C)N1c2ccccc2Sc2cccnc21)CC(C)N1c2ccccc2Sc2cccnc21)CC(C)N1c2ccccc2Sc2cccnc21)N1c2ccccc2Sc2cccnc21.[Br-].[Br-]. The second-order valence-electron chi connectivity index (χ2n) is 21.9. The van der Waals surface area contributed by atoms with E-state index in [2.05, 4.69) is 207 Å². The van der Waals surface area contributed by atoms with Crippen LogP contribution in [0.5, 0.6) is 0 Å². The smallest absolute Gasteiger partial charge is 0.147 e. The van der Waals surface area contributed by atoms with Crippen molar-refractivity contribution in [3.8, 4) is 0 Å². The van der Waals surface area contributed by atoms with Crippen molar-refractivity contribution < 1.29 is 42.9 Å². The number of nitrogens with zero attached hydrogens (tertiary/aromatic N) is 10. The Bertz CT molecular complexity index is 2810. The van der Waals surface area contributed by atoms with Crippen LogP contribution in [0, 0.1) is 0 Å². The Hall–Kier alpha value is -5.04. The largest absolute Gasteiger partial charge is 1.00 e. The summed E-state index contributed by atoms with van der Waals surface area (Å²) in [6.45, 7) is 15.6. The molecule has 0 aliphatic carbocycles. The van der Waals surface area contributed by atoms with Crippen molar-refractivity contribution in [3.63, 3.8) is 0 Å².